The highest BCUT2D eigenvalue weighted by molar-refractivity contribution is 6.30. The highest BCUT2D eigenvalue weighted by Gasteiger charge is 2.16. The first-order chi connectivity index (χ1) is 12.7. The van der Waals surface area contributed by atoms with Gasteiger partial charge in [0, 0.05) is 17.1 Å². The van der Waals surface area contributed by atoms with Gasteiger partial charge in [-0.25, -0.2) is 9.97 Å². The molecule has 0 saturated carbocycles. The van der Waals surface area contributed by atoms with Crippen LogP contribution in [0.3, 0.4) is 0 Å². The second-order valence-corrected chi connectivity index (χ2v) is 6.08. The van der Waals surface area contributed by atoms with Crippen LogP contribution in [0.25, 0.3) is 22.4 Å². The number of nitrogens with one attached hydrogen (secondary N) is 1. The molecule has 4 aromatic rings. The molecule has 0 aliphatic heterocycles. The van der Waals surface area contributed by atoms with Gasteiger partial charge in [0.25, 0.3) is 0 Å². The Morgan fingerprint density at radius 3 is 2.54 bits per heavy atom. The zero-order valence-electron chi connectivity index (χ0n) is 13.9. The van der Waals surface area contributed by atoms with E-state index in [2.05, 4.69) is 20.4 Å². The number of nitrogens with zero attached hydrogens (tertiary/aromatic N) is 3. The normalized spacial score (nSPS) is 10.8. The summed E-state index contributed by atoms with van der Waals surface area (Å²) in [6.07, 6.45) is 1.50. The van der Waals surface area contributed by atoms with Crippen molar-refractivity contribution in [3.8, 4) is 17.0 Å². The molecule has 2 heterocycles. The molecule has 0 aliphatic rings. The number of benzene rings is 2. The molecule has 0 atom stereocenters. The van der Waals surface area contributed by atoms with Gasteiger partial charge >= 0.3 is 0 Å². The van der Waals surface area contributed by atoms with Crippen LogP contribution in [-0.4, -0.2) is 22.2 Å². The zero-order valence-corrected chi connectivity index (χ0v) is 14.7. The number of halogens is 1. The van der Waals surface area contributed by atoms with Crippen LogP contribution in [0, 0.1) is 0 Å². The van der Waals surface area contributed by atoms with Gasteiger partial charge in [-0.1, -0.05) is 41.0 Å². The highest BCUT2D eigenvalue weighted by atomic mass is 35.5. The Morgan fingerprint density at radius 1 is 1.04 bits per heavy atom. The van der Waals surface area contributed by atoms with E-state index in [9.17, 15) is 0 Å². The number of fused-ring (bicyclic) bond motifs is 1. The van der Waals surface area contributed by atoms with Crippen molar-refractivity contribution in [2.75, 3.05) is 12.4 Å². The first-order valence-corrected chi connectivity index (χ1v) is 8.35. The molecule has 2 aromatic heterocycles. The molecule has 4 rings (SSSR count). The van der Waals surface area contributed by atoms with Gasteiger partial charge in [0.05, 0.1) is 7.11 Å². The van der Waals surface area contributed by atoms with E-state index in [0.717, 1.165) is 16.9 Å². The van der Waals surface area contributed by atoms with Gasteiger partial charge in [-0.05, 0) is 29.8 Å². The Morgan fingerprint density at radius 2 is 1.81 bits per heavy atom. The number of hydrogen-bond donors (Lipinski definition) is 1. The van der Waals surface area contributed by atoms with E-state index in [0.29, 0.717) is 34.2 Å². The van der Waals surface area contributed by atoms with Gasteiger partial charge < -0.3 is 14.6 Å². The Balaban J connectivity index is 1.61. The molecule has 0 bridgehead atoms. The SMILES string of the molecule is COc1ccc(CNc2ncnc3c(-c4ccc(Cl)cc4)noc23)cc1. The zero-order chi connectivity index (χ0) is 17.9. The van der Waals surface area contributed by atoms with Crippen LogP contribution in [0.4, 0.5) is 5.82 Å². The fraction of sp³-hybridized carbons (Fsp3) is 0.105. The lowest BCUT2D eigenvalue weighted by molar-refractivity contribution is 0.414. The number of ether oxygens (including phenoxy) is 1. The lowest BCUT2D eigenvalue weighted by Gasteiger charge is -2.06. The molecule has 0 fully saturated rings. The van der Waals surface area contributed by atoms with Crippen molar-refractivity contribution in [1.29, 1.82) is 0 Å². The van der Waals surface area contributed by atoms with Gasteiger partial charge in [-0.2, -0.15) is 0 Å². The Kier molecular flexibility index (Phi) is 4.41. The Hall–Kier alpha value is -3.12. The second kappa shape index (κ2) is 7.01. The van der Waals surface area contributed by atoms with Crippen molar-refractivity contribution in [2.24, 2.45) is 0 Å². The van der Waals surface area contributed by atoms with Gasteiger partial charge in [0.15, 0.2) is 5.82 Å². The van der Waals surface area contributed by atoms with Crippen LogP contribution in [0.2, 0.25) is 5.02 Å². The van der Waals surface area contributed by atoms with Crippen molar-refractivity contribution >= 4 is 28.5 Å². The maximum atomic E-state index is 5.95. The third kappa shape index (κ3) is 3.19. The van der Waals surface area contributed by atoms with E-state index in [1.165, 1.54) is 6.33 Å². The van der Waals surface area contributed by atoms with Gasteiger partial charge in [-0.15, -0.1) is 0 Å². The maximum Gasteiger partial charge on any atom is 0.228 e. The summed E-state index contributed by atoms with van der Waals surface area (Å²) in [7, 11) is 1.65. The highest BCUT2D eigenvalue weighted by Crippen LogP contribution is 2.30. The minimum Gasteiger partial charge on any atom is -0.497 e. The molecule has 7 heteroatoms. The third-order valence-electron chi connectivity index (χ3n) is 3.99. The second-order valence-electron chi connectivity index (χ2n) is 5.64. The summed E-state index contributed by atoms with van der Waals surface area (Å²) in [5, 5.41) is 8.09. The average Bonchev–Trinajstić information content (AvgIpc) is 3.12. The molecular formula is C19H15ClN4O2. The number of anilines is 1. The molecule has 0 radical (unpaired) electrons. The van der Waals surface area contributed by atoms with Crippen LogP contribution in [0.5, 0.6) is 5.75 Å². The van der Waals surface area contributed by atoms with Crippen molar-refractivity contribution in [1.82, 2.24) is 15.1 Å². The first kappa shape index (κ1) is 16.4. The van der Waals surface area contributed by atoms with Crippen LogP contribution >= 0.6 is 11.6 Å². The quantitative estimate of drug-likeness (QED) is 0.558. The monoisotopic (exact) mass is 366 g/mol. The largest absolute Gasteiger partial charge is 0.497 e. The molecule has 1 N–H and O–H groups in total. The van der Waals surface area contributed by atoms with Crippen molar-refractivity contribution in [3.63, 3.8) is 0 Å². The summed E-state index contributed by atoms with van der Waals surface area (Å²) < 4.78 is 10.7. The molecule has 6 nitrogen and oxygen atoms in total. The van der Waals surface area contributed by atoms with E-state index >= 15 is 0 Å². The number of aromatic nitrogens is 3. The molecule has 0 spiro atoms. The molecular weight excluding hydrogens is 352 g/mol. The fourth-order valence-corrected chi connectivity index (χ4v) is 2.74. The summed E-state index contributed by atoms with van der Waals surface area (Å²) in [5.74, 6) is 1.42. The molecule has 0 unspecified atom stereocenters. The van der Waals surface area contributed by atoms with Crippen molar-refractivity contribution in [2.45, 2.75) is 6.54 Å². The molecule has 0 saturated heterocycles. The Labute approximate surface area is 154 Å². The minimum atomic E-state index is 0.519. The molecule has 0 amide bonds. The minimum absolute atomic E-state index is 0.519. The van der Waals surface area contributed by atoms with Crippen LogP contribution < -0.4 is 10.1 Å². The topological polar surface area (TPSA) is 73.1 Å². The van der Waals surface area contributed by atoms with Gasteiger partial charge in [0.2, 0.25) is 5.58 Å². The number of hydrogen-bond acceptors (Lipinski definition) is 6. The maximum absolute atomic E-state index is 5.95. The lowest BCUT2D eigenvalue weighted by atomic mass is 10.1. The molecule has 130 valence electrons. The predicted octanol–water partition coefficient (Wildman–Crippen LogP) is 4.56. The number of methoxy groups -OCH3 is 1. The summed E-state index contributed by atoms with van der Waals surface area (Å²) in [6, 6.07) is 15.2. The standard InChI is InChI=1S/C19H15ClN4O2/c1-25-15-8-2-12(3-9-15)10-21-19-18-17(22-11-23-19)16(24-26-18)13-4-6-14(20)7-5-13/h2-9,11H,10H2,1H3,(H,21,22,23). The predicted molar refractivity (Wildman–Crippen MR) is 100 cm³/mol. The summed E-state index contributed by atoms with van der Waals surface area (Å²) >= 11 is 5.95. The van der Waals surface area contributed by atoms with Crippen LogP contribution in [-0.2, 0) is 6.54 Å². The smallest absolute Gasteiger partial charge is 0.228 e. The van der Waals surface area contributed by atoms with Crippen molar-refractivity contribution < 1.29 is 9.26 Å². The average molecular weight is 367 g/mol. The van der Waals surface area contributed by atoms with E-state index in [1.807, 2.05) is 36.4 Å². The summed E-state index contributed by atoms with van der Waals surface area (Å²) in [4.78, 5) is 8.60. The first-order valence-electron chi connectivity index (χ1n) is 7.98. The summed E-state index contributed by atoms with van der Waals surface area (Å²) in [6.45, 7) is 0.590. The van der Waals surface area contributed by atoms with E-state index < -0.39 is 0 Å². The molecule has 0 aliphatic carbocycles. The van der Waals surface area contributed by atoms with Crippen LogP contribution in [0.15, 0.2) is 59.4 Å². The Bertz CT molecular complexity index is 1030. The van der Waals surface area contributed by atoms with Crippen molar-refractivity contribution in [3.05, 3.63) is 65.4 Å². The van der Waals surface area contributed by atoms with E-state index in [1.54, 1.807) is 19.2 Å². The fourth-order valence-electron chi connectivity index (χ4n) is 2.62. The molecule has 2 aromatic carbocycles. The van der Waals surface area contributed by atoms with Gasteiger partial charge in [-0.3, -0.25) is 0 Å². The number of rotatable bonds is 5. The van der Waals surface area contributed by atoms with E-state index in [4.69, 9.17) is 20.9 Å². The van der Waals surface area contributed by atoms with E-state index in [-0.39, 0.29) is 0 Å². The summed E-state index contributed by atoms with van der Waals surface area (Å²) in [5.41, 5.74) is 3.81. The van der Waals surface area contributed by atoms with Crippen LogP contribution in [0.1, 0.15) is 5.56 Å². The van der Waals surface area contributed by atoms with Gasteiger partial charge in [0.1, 0.15) is 23.3 Å². The molecule has 26 heavy (non-hydrogen) atoms. The third-order valence-corrected chi connectivity index (χ3v) is 4.24. The lowest BCUT2D eigenvalue weighted by Crippen LogP contribution is -2.02.